The molecule has 5 rings (SSSR count). The van der Waals surface area contributed by atoms with Crippen LogP contribution in [0.25, 0.3) is 11.1 Å². The molecule has 1 fully saturated rings. The number of amides is 2. The van der Waals surface area contributed by atoms with Gasteiger partial charge in [0.1, 0.15) is 12.3 Å². The predicted octanol–water partition coefficient (Wildman–Crippen LogP) is 3.23. The Morgan fingerprint density at radius 2 is 1.74 bits per heavy atom. The number of aromatic nitrogens is 2. The van der Waals surface area contributed by atoms with Crippen molar-refractivity contribution in [1.82, 2.24) is 15.1 Å². The maximum atomic E-state index is 12.5. The Hall–Kier alpha value is -4.14. The van der Waals surface area contributed by atoms with Crippen LogP contribution in [-0.2, 0) is 16.6 Å². The first-order chi connectivity index (χ1) is 16.4. The predicted molar refractivity (Wildman–Crippen MR) is 123 cm³/mol. The largest absolute Gasteiger partial charge is 0.481 e. The highest BCUT2D eigenvalue weighted by molar-refractivity contribution is 5.94. The molecule has 2 amide bonds. The molecule has 9 heteroatoms. The summed E-state index contributed by atoms with van der Waals surface area (Å²) in [5.41, 5.74) is 4.78. The summed E-state index contributed by atoms with van der Waals surface area (Å²) in [6.07, 6.45) is -0.0931. The van der Waals surface area contributed by atoms with Gasteiger partial charge in [-0.2, -0.15) is 5.10 Å². The van der Waals surface area contributed by atoms with Crippen molar-refractivity contribution in [2.75, 3.05) is 18.5 Å². The molecule has 0 aliphatic heterocycles. The van der Waals surface area contributed by atoms with Crippen LogP contribution in [0.1, 0.15) is 34.0 Å². The number of aliphatic carboxylic acids is 1. The zero-order chi connectivity index (χ0) is 23.8. The molecule has 2 aliphatic rings. The van der Waals surface area contributed by atoms with Crippen LogP contribution in [0.2, 0.25) is 0 Å². The van der Waals surface area contributed by atoms with Crippen LogP contribution in [-0.4, -0.2) is 46.0 Å². The van der Waals surface area contributed by atoms with Gasteiger partial charge in [-0.05, 0) is 34.6 Å². The van der Waals surface area contributed by atoms with Crippen LogP contribution in [0.5, 0.6) is 0 Å². The fraction of sp³-hybridized carbons (Fsp3) is 0.280. The second-order valence-electron chi connectivity index (χ2n) is 8.64. The lowest BCUT2D eigenvalue weighted by molar-refractivity contribution is -0.138. The molecule has 2 aromatic carbocycles. The Morgan fingerprint density at radius 3 is 2.35 bits per heavy atom. The molecule has 0 bridgehead atoms. The van der Waals surface area contributed by atoms with Gasteiger partial charge in [-0.3, -0.25) is 19.6 Å². The summed E-state index contributed by atoms with van der Waals surface area (Å²) in [6, 6.07) is 17.6. The summed E-state index contributed by atoms with van der Waals surface area (Å²) < 4.78 is 6.88. The number of ether oxygens (including phenoxy) is 1. The average molecular weight is 460 g/mol. The molecule has 1 aromatic heterocycles. The molecule has 9 nitrogen and oxygen atoms in total. The minimum Gasteiger partial charge on any atom is -0.481 e. The van der Waals surface area contributed by atoms with Gasteiger partial charge >= 0.3 is 12.1 Å². The van der Waals surface area contributed by atoms with Crippen molar-refractivity contribution in [2.24, 2.45) is 18.9 Å². The molecule has 1 saturated carbocycles. The summed E-state index contributed by atoms with van der Waals surface area (Å²) >= 11 is 0. The van der Waals surface area contributed by atoms with Gasteiger partial charge in [0.25, 0.3) is 5.91 Å². The number of carbonyl (C=O) groups is 3. The van der Waals surface area contributed by atoms with Crippen LogP contribution in [0.4, 0.5) is 10.6 Å². The van der Waals surface area contributed by atoms with Crippen molar-refractivity contribution in [3.05, 3.63) is 71.4 Å². The third kappa shape index (κ3) is 4.12. The second kappa shape index (κ2) is 8.66. The fourth-order valence-corrected chi connectivity index (χ4v) is 4.57. The van der Waals surface area contributed by atoms with E-state index >= 15 is 0 Å². The molecule has 174 valence electrons. The topological polar surface area (TPSA) is 123 Å². The van der Waals surface area contributed by atoms with Gasteiger partial charge in [-0.25, -0.2) is 4.79 Å². The molecule has 0 spiro atoms. The number of carbonyl (C=O) groups excluding carboxylic acids is 2. The van der Waals surface area contributed by atoms with E-state index in [1.54, 1.807) is 7.05 Å². The van der Waals surface area contributed by atoms with Gasteiger partial charge in [0, 0.05) is 25.6 Å². The number of anilines is 1. The van der Waals surface area contributed by atoms with E-state index in [9.17, 15) is 14.4 Å². The number of carboxylic acid groups (broad SMARTS) is 1. The number of hydrogen-bond acceptors (Lipinski definition) is 5. The summed E-state index contributed by atoms with van der Waals surface area (Å²) in [4.78, 5) is 35.8. The lowest BCUT2D eigenvalue weighted by Gasteiger charge is -2.14. The Bertz CT molecular complexity index is 1240. The van der Waals surface area contributed by atoms with E-state index in [1.165, 1.54) is 10.7 Å². The molecule has 2 atom stereocenters. The first kappa shape index (κ1) is 21.7. The molecule has 0 saturated heterocycles. The lowest BCUT2D eigenvalue weighted by Crippen LogP contribution is -2.28. The number of nitrogens with zero attached hydrogens (tertiary/aromatic N) is 2. The molecular weight excluding hydrogens is 436 g/mol. The van der Waals surface area contributed by atoms with E-state index in [-0.39, 0.29) is 42.4 Å². The third-order valence-corrected chi connectivity index (χ3v) is 6.45. The number of aryl methyl sites for hydroxylation is 1. The van der Waals surface area contributed by atoms with E-state index in [1.807, 2.05) is 36.4 Å². The molecule has 1 heterocycles. The first-order valence-corrected chi connectivity index (χ1v) is 11.1. The van der Waals surface area contributed by atoms with Crippen molar-refractivity contribution < 1.29 is 24.2 Å². The Kier molecular flexibility index (Phi) is 5.53. The van der Waals surface area contributed by atoms with Crippen LogP contribution in [0, 0.1) is 11.8 Å². The fourth-order valence-electron chi connectivity index (χ4n) is 4.57. The van der Waals surface area contributed by atoms with Crippen LogP contribution < -0.4 is 10.6 Å². The molecular formula is C25H24N4O5. The van der Waals surface area contributed by atoms with Crippen molar-refractivity contribution in [3.63, 3.8) is 0 Å². The van der Waals surface area contributed by atoms with Crippen LogP contribution in [0.15, 0.2) is 54.6 Å². The molecule has 3 N–H and O–H groups in total. The van der Waals surface area contributed by atoms with Crippen LogP contribution >= 0.6 is 0 Å². The average Bonchev–Trinajstić information content (AvgIpc) is 3.43. The standard InChI is InChI=1S/C25H24N4O5/c1-29-21(23(30)26-12-14-10-19(14)24(31)32)11-22(28-29)27-25(33)34-13-20-17-8-4-2-6-15(17)16-7-3-5-9-18(16)20/h2-9,11,14,19-20H,10,12-13H2,1H3,(H,26,30)(H,31,32)(H,27,28,33)/t14-,19-/m0/s1. The highest BCUT2D eigenvalue weighted by atomic mass is 16.5. The molecule has 0 unspecified atom stereocenters. The van der Waals surface area contributed by atoms with Crippen molar-refractivity contribution >= 4 is 23.8 Å². The van der Waals surface area contributed by atoms with Crippen molar-refractivity contribution in [3.8, 4) is 11.1 Å². The smallest absolute Gasteiger partial charge is 0.412 e. The van der Waals surface area contributed by atoms with Crippen molar-refractivity contribution in [2.45, 2.75) is 12.3 Å². The monoisotopic (exact) mass is 460 g/mol. The zero-order valence-electron chi connectivity index (χ0n) is 18.5. The summed E-state index contributed by atoms with van der Waals surface area (Å²) in [5.74, 6) is -1.52. The summed E-state index contributed by atoms with van der Waals surface area (Å²) in [7, 11) is 1.59. The van der Waals surface area contributed by atoms with E-state index in [0.717, 1.165) is 22.3 Å². The number of fused-ring (bicyclic) bond motifs is 3. The van der Waals surface area contributed by atoms with E-state index in [0.29, 0.717) is 6.42 Å². The van der Waals surface area contributed by atoms with E-state index in [2.05, 4.69) is 27.9 Å². The maximum absolute atomic E-state index is 12.5. The van der Waals surface area contributed by atoms with Gasteiger partial charge in [0.2, 0.25) is 0 Å². The molecule has 3 aromatic rings. The van der Waals surface area contributed by atoms with Gasteiger partial charge < -0.3 is 15.2 Å². The van der Waals surface area contributed by atoms with Gasteiger partial charge in [0.15, 0.2) is 5.82 Å². The molecule has 34 heavy (non-hydrogen) atoms. The number of hydrogen-bond donors (Lipinski definition) is 3. The van der Waals surface area contributed by atoms with Gasteiger partial charge in [0.05, 0.1) is 5.92 Å². The van der Waals surface area contributed by atoms with Crippen LogP contribution in [0.3, 0.4) is 0 Å². The minimum absolute atomic E-state index is 0.0481. The lowest BCUT2D eigenvalue weighted by atomic mass is 9.98. The molecule has 2 aliphatic carbocycles. The SMILES string of the molecule is Cn1nc(NC(=O)OCC2c3ccccc3-c3ccccc32)cc1C(=O)NC[C@@H]1C[C@@H]1C(=O)O. The van der Waals surface area contributed by atoms with Crippen molar-refractivity contribution in [1.29, 1.82) is 0 Å². The summed E-state index contributed by atoms with van der Waals surface area (Å²) in [6.45, 7) is 0.461. The normalized spacial score (nSPS) is 18.0. The first-order valence-electron chi connectivity index (χ1n) is 11.1. The summed E-state index contributed by atoms with van der Waals surface area (Å²) in [5, 5.41) is 18.4. The van der Waals surface area contributed by atoms with E-state index in [4.69, 9.17) is 9.84 Å². The maximum Gasteiger partial charge on any atom is 0.412 e. The number of benzene rings is 2. The molecule has 0 radical (unpaired) electrons. The minimum atomic E-state index is -0.839. The highest BCUT2D eigenvalue weighted by Gasteiger charge is 2.43. The second-order valence-corrected chi connectivity index (χ2v) is 8.64. The Morgan fingerprint density at radius 1 is 1.09 bits per heavy atom. The van der Waals surface area contributed by atoms with Gasteiger partial charge in [-0.15, -0.1) is 0 Å². The third-order valence-electron chi connectivity index (χ3n) is 6.45. The Balaban J connectivity index is 1.18. The zero-order valence-corrected chi connectivity index (χ0v) is 18.5. The van der Waals surface area contributed by atoms with Gasteiger partial charge in [-0.1, -0.05) is 48.5 Å². The Labute approximate surface area is 195 Å². The number of nitrogens with one attached hydrogen (secondary N) is 2. The number of rotatable bonds is 7. The van der Waals surface area contributed by atoms with E-state index < -0.39 is 18.0 Å². The quantitative estimate of drug-likeness (QED) is 0.498. The number of carboxylic acids is 1. The highest BCUT2D eigenvalue weighted by Crippen LogP contribution is 2.44.